The zero-order chi connectivity index (χ0) is 13.7. The van der Waals surface area contributed by atoms with E-state index in [0.717, 1.165) is 35.1 Å². The van der Waals surface area contributed by atoms with E-state index in [2.05, 4.69) is 5.32 Å². The molecule has 2 aromatic carbocycles. The van der Waals surface area contributed by atoms with E-state index in [1.807, 2.05) is 42.5 Å². The van der Waals surface area contributed by atoms with Gasteiger partial charge in [-0.1, -0.05) is 23.7 Å². The van der Waals surface area contributed by atoms with Gasteiger partial charge < -0.3 is 15.8 Å². The molecular formula is C15H17ClN2O. The van der Waals surface area contributed by atoms with Crippen molar-refractivity contribution in [1.82, 2.24) is 0 Å². The molecule has 3 nitrogen and oxygen atoms in total. The van der Waals surface area contributed by atoms with Crippen LogP contribution in [0.15, 0.2) is 42.5 Å². The molecular weight excluding hydrogens is 260 g/mol. The first-order chi connectivity index (χ1) is 9.19. The smallest absolute Gasteiger partial charge is 0.121 e. The molecule has 0 bridgehead atoms. The van der Waals surface area contributed by atoms with Gasteiger partial charge >= 0.3 is 0 Å². The Morgan fingerprint density at radius 3 is 2.58 bits per heavy atom. The molecule has 2 aromatic rings. The first-order valence-corrected chi connectivity index (χ1v) is 6.48. The maximum atomic E-state index is 5.91. The van der Waals surface area contributed by atoms with Crippen molar-refractivity contribution in [3.05, 3.63) is 53.1 Å². The van der Waals surface area contributed by atoms with Gasteiger partial charge in [0.1, 0.15) is 5.75 Å². The van der Waals surface area contributed by atoms with Crippen LogP contribution in [0.5, 0.6) is 5.75 Å². The average molecular weight is 277 g/mol. The second kappa shape index (κ2) is 6.34. The summed E-state index contributed by atoms with van der Waals surface area (Å²) in [5.41, 5.74) is 8.76. The summed E-state index contributed by atoms with van der Waals surface area (Å²) >= 11 is 5.85. The fourth-order valence-corrected chi connectivity index (χ4v) is 1.93. The summed E-state index contributed by atoms with van der Waals surface area (Å²) < 4.78 is 5.18. The third kappa shape index (κ3) is 3.80. The predicted molar refractivity (Wildman–Crippen MR) is 81.1 cm³/mol. The lowest BCUT2D eigenvalue weighted by molar-refractivity contribution is 0.415. The normalized spacial score (nSPS) is 10.2. The minimum absolute atomic E-state index is 0.719. The van der Waals surface area contributed by atoms with Gasteiger partial charge in [-0.2, -0.15) is 0 Å². The molecule has 0 amide bonds. The van der Waals surface area contributed by atoms with Crippen LogP contribution in [-0.4, -0.2) is 13.7 Å². The number of methoxy groups -OCH3 is 1. The third-order valence-corrected chi connectivity index (χ3v) is 3.15. The predicted octanol–water partition coefficient (Wildman–Crippen LogP) is 3.59. The molecule has 0 aliphatic rings. The van der Waals surface area contributed by atoms with Gasteiger partial charge in [-0.05, 0) is 36.2 Å². The van der Waals surface area contributed by atoms with Crippen LogP contribution in [0, 0.1) is 0 Å². The monoisotopic (exact) mass is 276 g/mol. The highest BCUT2D eigenvalue weighted by Gasteiger charge is 2.01. The Labute approximate surface area is 118 Å². The molecule has 0 fully saturated rings. The molecule has 0 aromatic heterocycles. The maximum absolute atomic E-state index is 5.91. The Balaban J connectivity index is 1.93. The molecule has 0 aliphatic carbocycles. The maximum Gasteiger partial charge on any atom is 0.121 e. The topological polar surface area (TPSA) is 47.3 Å². The standard InChI is InChI=1S/C15H17ClN2O/c1-19-13-6-7-14(17)15(10-13)18-9-8-11-2-4-12(16)5-3-11/h2-7,10,18H,8-9,17H2,1H3. The Bertz CT molecular complexity index is 540. The van der Waals surface area contributed by atoms with Gasteiger partial charge in [-0.15, -0.1) is 0 Å². The van der Waals surface area contributed by atoms with E-state index in [9.17, 15) is 0 Å². The quantitative estimate of drug-likeness (QED) is 0.821. The van der Waals surface area contributed by atoms with Crippen LogP contribution < -0.4 is 15.8 Å². The lowest BCUT2D eigenvalue weighted by atomic mass is 10.1. The summed E-state index contributed by atoms with van der Waals surface area (Å²) in [6.45, 7) is 0.805. The van der Waals surface area contributed by atoms with Gasteiger partial charge in [-0.3, -0.25) is 0 Å². The summed E-state index contributed by atoms with van der Waals surface area (Å²) in [4.78, 5) is 0. The molecule has 0 saturated heterocycles. The lowest BCUT2D eigenvalue weighted by Gasteiger charge is -2.11. The van der Waals surface area contributed by atoms with Gasteiger partial charge in [0, 0.05) is 17.6 Å². The van der Waals surface area contributed by atoms with Gasteiger partial charge in [-0.25, -0.2) is 0 Å². The van der Waals surface area contributed by atoms with E-state index in [1.54, 1.807) is 7.11 Å². The SMILES string of the molecule is COc1ccc(N)c(NCCc2ccc(Cl)cc2)c1. The van der Waals surface area contributed by atoms with Crippen LogP contribution in [-0.2, 0) is 6.42 Å². The van der Waals surface area contributed by atoms with Crippen molar-refractivity contribution in [3.8, 4) is 5.75 Å². The minimum Gasteiger partial charge on any atom is -0.497 e. The number of rotatable bonds is 5. The summed E-state index contributed by atoms with van der Waals surface area (Å²) in [5.74, 6) is 0.795. The number of nitrogen functional groups attached to an aromatic ring is 1. The second-order valence-corrected chi connectivity index (χ2v) is 4.69. The molecule has 0 atom stereocenters. The number of nitrogens with two attached hydrogens (primary N) is 1. The van der Waals surface area contributed by atoms with Crippen molar-refractivity contribution >= 4 is 23.0 Å². The summed E-state index contributed by atoms with van der Waals surface area (Å²) in [6.07, 6.45) is 0.911. The molecule has 100 valence electrons. The highest BCUT2D eigenvalue weighted by Crippen LogP contribution is 2.24. The molecule has 4 heteroatoms. The number of hydrogen-bond acceptors (Lipinski definition) is 3. The van der Waals surface area contributed by atoms with Gasteiger partial charge in [0.2, 0.25) is 0 Å². The molecule has 19 heavy (non-hydrogen) atoms. The van der Waals surface area contributed by atoms with E-state index in [-0.39, 0.29) is 0 Å². The number of hydrogen-bond donors (Lipinski definition) is 2. The Kier molecular flexibility index (Phi) is 4.53. The first kappa shape index (κ1) is 13.6. The van der Waals surface area contributed by atoms with Crippen LogP contribution in [0.3, 0.4) is 0 Å². The number of nitrogens with one attached hydrogen (secondary N) is 1. The van der Waals surface area contributed by atoms with Crippen molar-refractivity contribution in [2.24, 2.45) is 0 Å². The van der Waals surface area contributed by atoms with Gasteiger partial charge in [0.05, 0.1) is 18.5 Å². The molecule has 0 radical (unpaired) electrons. The largest absolute Gasteiger partial charge is 0.497 e. The number of halogens is 1. The number of ether oxygens (including phenoxy) is 1. The third-order valence-electron chi connectivity index (χ3n) is 2.90. The Morgan fingerprint density at radius 1 is 1.16 bits per heavy atom. The van der Waals surface area contributed by atoms with E-state index < -0.39 is 0 Å². The van der Waals surface area contributed by atoms with Crippen LogP contribution in [0.25, 0.3) is 0 Å². The second-order valence-electron chi connectivity index (χ2n) is 4.26. The molecule has 2 rings (SSSR count). The molecule has 0 aliphatic heterocycles. The minimum atomic E-state index is 0.719. The highest BCUT2D eigenvalue weighted by molar-refractivity contribution is 6.30. The number of anilines is 2. The van der Waals surface area contributed by atoms with E-state index in [4.69, 9.17) is 22.1 Å². The zero-order valence-corrected chi connectivity index (χ0v) is 11.6. The van der Waals surface area contributed by atoms with E-state index in [1.165, 1.54) is 5.56 Å². The summed E-state index contributed by atoms with van der Waals surface area (Å²) in [6, 6.07) is 13.4. The molecule has 0 spiro atoms. The van der Waals surface area contributed by atoms with Crippen molar-refractivity contribution in [1.29, 1.82) is 0 Å². The Hall–Kier alpha value is -1.87. The first-order valence-electron chi connectivity index (χ1n) is 6.11. The highest BCUT2D eigenvalue weighted by atomic mass is 35.5. The van der Waals surface area contributed by atoms with Crippen LogP contribution in [0.2, 0.25) is 5.02 Å². The molecule has 0 saturated carbocycles. The molecule has 0 unspecified atom stereocenters. The van der Waals surface area contributed by atoms with Gasteiger partial charge in [0.15, 0.2) is 0 Å². The fourth-order valence-electron chi connectivity index (χ4n) is 1.81. The van der Waals surface area contributed by atoms with Crippen molar-refractivity contribution in [2.75, 3.05) is 24.7 Å². The number of benzene rings is 2. The summed E-state index contributed by atoms with van der Waals surface area (Å²) in [7, 11) is 1.64. The van der Waals surface area contributed by atoms with E-state index in [0.29, 0.717) is 0 Å². The summed E-state index contributed by atoms with van der Waals surface area (Å²) in [5, 5.41) is 4.07. The van der Waals surface area contributed by atoms with Gasteiger partial charge in [0.25, 0.3) is 0 Å². The zero-order valence-electron chi connectivity index (χ0n) is 10.8. The van der Waals surface area contributed by atoms with Crippen LogP contribution in [0.1, 0.15) is 5.56 Å². The molecule has 3 N–H and O–H groups in total. The van der Waals surface area contributed by atoms with Crippen molar-refractivity contribution < 1.29 is 4.74 Å². The lowest BCUT2D eigenvalue weighted by Crippen LogP contribution is -2.07. The van der Waals surface area contributed by atoms with Crippen LogP contribution in [0.4, 0.5) is 11.4 Å². The van der Waals surface area contributed by atoms with Crippen molar-refractivity contribution in [3.63, 3.8) is 0 Å². The van der Waals surface area contributed by atoms with Crippen molar-refractivity contribution in [2.45, 2.75) is 6.42 Å². The van der Waals surface area contributed by atoms with Crippen LogP contribution >= 0.6 is 11.6 Å². The van der Waals surface area contributed by atoms with E-state index >= 15 is 0 Å². The fraction of sp³-hybridized carbons (Fsp3) is 0.200. The Morgan fingerprint density at radius 2 is 1.89 bits per heavy atom. The molecule has 0 heterocycles. The average Bonchev–Trinajstić information content (AvgIpc) is 2.43.